The van der Waals surface area contributed by atoms with Crippen molar-refractivity contribution in [2.24, 2.45) is 0 Å². The van der Waals surface area contributed by atoms with E-state index in [-0.39, 0.29) is 11.8 Å². The molecule has 2 amide bonds. The molecular weight excluding hydrogens is 256 g/mol. The van der Waals surface area contributed by atoms with Crippen molar-refractivity contribution in [3.8, 4) is 0 Å². The number of methoxy groups -OCH3 is 1. The molecule has 0 atom stereocenters. The quantitative estimate of drug-likeness (QED) is 0.826. The predicted octanol–water partition coefficient (Wildman–Crippen LogP) is 1.36. The molecule has 1 N–H and O–H groups in total. The van der Waals surface area contributed by atoms with E-state index in [1.807, 2.05) is 19.1 Å². The lowest BCUT2D eigenvalue weighted by atomic mass is 10.0. The van der Waals surface area contributed by atoms with Gasteiger partial charge >= 0.3 is 0 Å². The normalized spacial score (nSPS) is 13.2. The minimum absolute atomic E-state index is 0.0979. The van der Waals surface area contributed by atoms with Gasteiger partial charge in [0, 0.05) is 37.9 Å². The third-order valence-electron chi connectivity index (χ3n) is 3.47. The average Bonchev–Trinajstić information content (AvgIpc) is 2.90. The lowest BCUT2D eigenvalue weighted by molar-refractivity contribution is -0.118. The van der Waals surface area contributed by atoms with E-state index < -0.39 is 0 Å². The van der Waals surface area contributed by atoms with E-state index in [0.29, 0.717) is 31.7 Å². The number of nitrogens with zero attached hydrogens (tertiary/aromatic N) is 1. The molecular formula is C15H20N2O3. The number of anilines is 1. The van der Waals surface area contributed by atoms with Gasteiger partial charge in [-0.2, -0.15) is 0 Å². The van der Waals surface area contributed by atoms with Gasteiger partial charge in [-0.1, -0.05) is 13.0 Å². The Morgan fingerprint density at radius 2 is 2.20 bits per heavy atom. The molecule has 5 heteroatoms. The van der Waals surface area contributed by atoms with Gasteiger partial charge in [-0.25, -0.2) is 0 Å². The van der Waals surface area contributed by atoms with Crippen LogP contribution in [0.4, 0.5) is 5.69 Å². The number of carbonyl (C=O) groups is 2. The molecule has 0 bridgehead atoms. The average molecular weight is 276 g/mol. The molecule has 1 aliphatic rings. The molecule has 20 heavy (non-hydrogen) atoms. The summed E-state index contributed by atoms with van der Waals surface area (Å²) in [5, 5.41) is 2.82. The maximum Gasteiger partial charge on any atom is 0.251 e. The van der Waals surface area contributed by atoms with Crippen LogP contribution in [0.1, 0.15) is 29.3 Å². The van der Waals surface area contributed by atoms with Gasteiger partial charge in [0.05, 0.1) is 6.61 Å². The molecule has 0 radical (unpaired) electrons. The number of ether oxygens (including phenoxy) is 1. The smallest absolute Gasteiger partial charge is 0.251 e. The standard InChI is InChI=1S/C15H20N2O3/c1-3-14(18)17-9-7-11-12(5-4-6-13(11)17)15(19)16-8-10-20-2/h4-6H,3,7-10H2,1-2H3,(H,16,19). The number of nitrogens with one attached hydrogen (secondary N) is 1. The Morgan fingerprint density at radius 1 is 1.40 bits per heavy atom. The van der Waals surface area contributed by atoms with Crippen LogP contribution >= 0.6 is 0 Å². The van der Waals surface area contributed by atoms with Gasteiger partial charge in [-0.05, 0) is 24.1 Å². The first kappa shape index (κ1) is 14.5. The highest BCUT2D eigenvalue weighted by molar-refractivity contribution is 6.01. The van der Waals surface area contributed by atoms with Crippen LogP contribution in [0.3, 0.4) is 0 Å². The van der Waals surface area contributed by atoms with Crippen LogP contribution in [0.25, 0.3) is 0 Å². The van der Waals surface area contributed by atoms with Crippen LogP contribution in [-0.4, -0.2) is 38.6 Å². The van der Waals surface area contributed by atoms with Gasteiger partial charge in [0.1, 0.15) is 0 Å². The first-order valence-electron chi connectivity index (χ1n) is 6.88. The Labute approximate surface area is 118 Å². The van der Waals surface area contributed by atoms with Crippen LogP contribution in [0, 0.1) is 0 Å². The van der Waals surface area contributed by atoms with Crippen LogP contribution in [-0.2, 0) is 16.0 Å². The fourth-order valence-corrected chi connectivity index (χ4v) is 2.46. The first-order valence-corrected chi connectivity index (χ1v) is 6.88. The van der Waals surface area contributed by atoms with Crippen molar-refractivity contribution in [2.75, 3.05) is 31.7 Å². The summed E-state index contributed by atoms with van der Waals surface area (Å²) in [5.74, 6) is -0.00890. The zero-order chi connectivity index (χ0) is 14.5. The van der Waals surface area contributed by atoms with Gasteiger partial charge in [-0.3, -0.25) is 9.59 Å². The summed E-state index contributed by atoms with van der Waals surface area (Å²) in [5.41, 5.74) is 2.49. The third-order valence-corrected chi connectivity index (χ3v) is 3.47. The molecule has 2 rings (SSSR count). The maximum atomic E-state index is 12.2. The summed E-state index contributed by atoms with van der Waals surface area (Å²) >= 11 is 0. The number of rotatable bonds is 5. The molecule has 108 valence electrons. The Hall–Kier alpha value is -1.88. The maximum absolute atomic E-state index is 12.2. The fourth-order valence-electron chi connectivity index (χ4n) is 2.46. The highest BCUT2D eigenvalue weighted by Crippen LogP contribution is 2.31. The summed E-state index contributed by atoms with van der Waals surface area (Å²) in [6.07, 6.45) is 1.21. The van der Waals surface area contributed by atoms with Crippen LogP contribution in [0.5, 0.6) is 0 Å². The van der Waals surface area contributed by atoms with E-state index in [4.69, 9.17) is 4.74 Å². The van der Waals surface area contributed by atoms with Crippen molar-refractivity contribution < 1.29 is 14.3 Å². The Morgan fingerprint density at radius 3 is 2.90 bits per heavy atom. The molecule has 1 heterocycles. The second-order valence-electron chi connectivity index (χ2n) is 4.70. The molecule has 5 nitrogen and oxygen atoms in total. The lowest BCUT2D eigenvalue weighted by Gasteiger charge is -2.16. The van der Waals surface area contributed by atoms with Crippen LogP contribution in [0.2, 0.25) is 0 Å². The highest BCUT2D eigenvalue weighted by Gasteiger charge is 2.27. The van der Waals surface area contributed by atoms with Crippen LogP contribution in [0.15, 0.2) is 18.2 Å². The summed E-state index contributed by atoms with van der Waals surface area (Å²) in [4.78, 5) is 25.8. The number of benzene rings is 1. The number of hydrogen-bond acceptors (Lipinski definition) is 3. The van der Waals surface area contributed by atoms with E-state index in [9.17, 15) is 9.59 Å². The summed E-state index contributed by atoms with van der Waals surface area (Å²) in [6, 6.07) is 5.54. The van der Waals surface area contributed by atoms with E-state index in [1.165, 1.54) is 0 Å². The van der Waals surface area contributed by atoms with Crippen molar-refractivity contribution in [1.29, 1.82) is 0 Å². The molecule has 0 saturated carbocycles. The van der Waals surface area contributed by atoms with Crippen molar-refractivity contribution in [2.45, 2.75) is 19.8 Å². The number of fused-ring (bicyclic) bond motifs is 1. The number of carbonyl (C=O) groups excluding carboxylic acids is 2. The van der Waals surface area contributed by atoms with Gasteiger partial charge in [0.2, 0.25) is 5.91 Å². The topological polar surface area (TPSA) is 58.6 Å². The van der Waals surface area contributed by atoms with Gasteiger partial charge in [-0.15, -0.1) is 0 Å². The number of amides is 2. The van der Waals surface area contributed by atoms with E-state index in [2.05, 4.69) is 5.32 Å². The summed E-state index contributed by atoms with van der Waals surface area (Å²) in [7, 11) is 1.60. The van der Waals surface area contributed by atoms with Crippen LogP contribution < -0.4 is 10.2 Å². The molecule has 1 aliphatic heterocycles. The minimum Gasteiger partial charge on any atom is -0.383 e. The molecule has 0 saturated heterocycles. The molecule has 1 aromatic carbocycles. The fraction of sp³-hybridized carbons (Fsp3) is 0.467. The second kappa shape index (κ2) is 6.52. The van der Waals surface area contributed by atoms with Gasteiger partial charge in [0.25, 0.3) is 5.91 Å². The molecule has 0 unspecified atom stereocenters. The molecule has 0 aromatic heterocycles. The monoisotopic (exact) mass is 276 g/mol. The Balaban J connectivity index is 2.19. The predicted molar refractivity (Wildman–Crippen MR) is 77.0 cm³/mol. The Kier molecular flexibility index (Phi) is 4.74. The van der Waals surface area contributed by atoms with Crippen molar-refractivity contribution in [3.63, 3.8) is 0 Å². The molecule has 0 spiro atoms. The van der Waals surface area contributed by atoms with E-state index >= 15 is 0 Å². The summed E-state index contributed by atoms with van der Waals surface area (Å²) < 4.78 is 4.92. The second-order valence-corrected chi connectivity index (χ2v) is 4.70. The van der Waals surface area contributed by atoms with Crippen molar-refractivity contribution in [3.05, 3.63) is 29.3 Å². The highest BCUT2D eigenvalue weighted by atomic mass is 16.5. The SMILES string of the molecule is CCC(=O)N1CCc2c(C(=O)NCCOC)cccc21. The lowest BCUT2D eigenvalue weighted by Crippen LogP contribution is -2.28. The molecule has 0 aliphatic carbocycles. The van der Waals surface area contributed by atoms with E-state index in [1.54, 1.807) is 18.1 Å². The van der Waals surface area contributed by atoms with Crippen molar-refractivity contribution >= 4 is 17.5 Å². The Bertz CT molecular complexity index is 514. The molecule has 0 fully saturated rings. The minimum atomic E-state index is -0.107. The largest absolute Gasteiger partial charge is 0.383 e. The van der Waals surface area contributed by atoms with Crippen molar-refractivity contribution in [1.82, 2.24) is 5.32 Å². The number of hydrogen-bond donors (Lipinski definition) is 1. The zero-order valence-corrected chi connectivity index (χ0v) is 11.9. The first-order chi connectivity index (χ1) is 9.69. The zero-order valence-electron chi connectivity index (χ0n) is 11.9. The summed E-state index contributed by atoms with van der Waals surface area (Å²) in [6.45, 7) is 3.48. The van der Waals surface area contributed by atoms with Gasteiger partial charge < -0.3 is 15.0 Å². The molecule has 1 aromatic rings. The van der Waals surface area contributed by atoms with Gasteiger partial charge in [0.15, 0.2) is 0 Å². The van der Waals surface area contributed by atoms with E-state index in [0.717, 1.165) is 17.7 Å². The third kappa shape index (κ3) is 2.82.